The van der Waals surface area contributed by atoms with Gasteiger partial charge in [0.15, 0.2) is 0 Å². The maximum Gasteiger partial charge on any atom is 0.343 e. The summed E-state index contributed by atoms with van der Waals surface area (Å²) in [6, 6.07) is 9.94. The highest BCUT2D eigenvalue weighted by molar-refractivity contribution is 7.99. The van der Waals surface area contributed by atoms with E-state index in [2.05, 4.69) is 10.3 Å². The van der Waals surface area contributed by atoms with Crippen molar-refractivity contribution in [2.45, 2.75) is 18.9 Å². The minimum Gasteiger partial charge on any atom is -0.423 e. The highest BCUT2D eigenvalue weighted by Crippen LogP contribution is 2.19. The summed E-state index contributed by atoms with van der Waals surface area (Å²) in [4.78, 5) is 27.2. The average molecular weight is 316 g/mol. The first kappa shape index (κ1) is 16.0. The van der Waals surface area contributed by atoms with E-state index in [1.54, 1.807) is 54.4 Å². The molecule has 1 amide bonds. The molecule has 114 valence electrons. The smallest absolute Gasteiger partial charge is 0.343 e. The van der Waals surface area contributed by atoms with Crippen LogP contribution in [0, 0.1) is 0 Å². The summed E-state index contributed by atoms with van der Waals surface area (Å²) < 4.78 is 5.30. The molecule has 1 aromatic carbocycles. The fourth-order valence-electron chi connectivity index (χ4n) is 1.74. The normalized spacial score (nSPS) is 10.1. The molecular formula is C16H16N2O3S. The third-order valence-electron chi connectivity index (χ3n) is 2.65. The number of benzene rings is 1. The Balaban J connectivity index is 2.05. The summed E-state index contributed by atoms with van der Waals surface area (Å²) in [6.45, 7) is 3.46. The second kappa shape index (κ2) is 7.61. The van der Waals surface area contributed by atoms with Gasteiger partial charge in [-0.1, -0.05) is 6.92 Å². The molecule has 0 radical (unpaired) electrons. The highest BCUT2D eigenvalue weighted by atomic mass is 32.2. The zero-order valence-corrected chi connectivity index (χ0v) is 13.1. The van der Waals surface area contributed by atoms with Gasteiger partial charge in [0, 0.05) is 18.8 Å². The molecule has 0 fully saturated rings. The third kappa shape index (κ3) is 4.60. The van der Waals surface area contributed by atoms with Crippen LogP contribution in [0.5, 0.6) is 5.75 Å². The predicted octanol–water partition coefficient (Wildman–Crippen LogP) is 3.37. The zero-order valence-electron chi connectivity index (χ0n) is 12.3. The molecule has 2 aromatic rings. The van der Waals surface area contributed by atoms with Crippen molar-refractivity contribution in [1.82, 2.24) is 4.98 Å². The molecule has 0 spiro atoms. The fraction of sp³-hybridized carbons (Fsp3) is 0.188. The van der Waals surface area contributed by atoms with Crippen LogP contribution in [0.3, 0.4) is 0 Å². The van der Waals surface area contributed by atoms with Gasteiger partial charge in [-0.25, -0.2) is 9.78 Å². The summed E-state index contributed by atoms with van der Waals surface area (Å²) >= 11 is 1.56. The van der Waals surface area contributed by atoms with Crippen LogP contribution in [0.2, 0.25) is 0 Å². The monoisotopic (exact) mass is 316 g/mol. The van der Waals surface area contributed by atoms with Crippen molar-refractivity contribution in [2.24, 2.45) is 0 Å². The second-order valence-corrected chi connectivity index (χ2v) is 5.70. The lowest BCUT2D eigenvalue weighted by Gasteiger charge is -2.07. The van der Waals surface area contributed by atoms with Crippen molar-refractivity contribution in [3.63, 3.8) is 0 Å². The summed E-state index contributed by atoms with van der Waals surface area (Å²) in [5, 5.41) is 3.44. The molecule has 1 aromatic heterocycles. The van der Waals surface area contributed by atoms with Gasteiger partial charge in [0.25, 0.3) is 0 Å². The summed E-state index contributed by atoms with van der Waals surface area (Å²) in [7, 11) is 0. The topological polar surface area (TPSA) is 68.3 Å². The van der Waals surface area contributed by atoms with Gasteiger partial charge in [-0.05, 0) is 42.2 Å². The first-order valence-electron chi connectivity index (χ1n) is 6.77. The van der Waals surface area contributed by atoms with Crippen LogP contribution in [0.25, 0.3) is 0 Å². The zero-order chi connectivity index (χ0) is 15.9. The van der Waals surface area contributed by atoms with Crippen LogP contribution < -0.4 is 10.1 Å². The van der Waals surface area contributed by atoms with Gasteiger partial charge in [-0.3, -0.25) is 4.79 Å². The third-order valence-corrected chi connectivity index (χ3v) is 3.46. The van der Waals surface area contributed by atoms with Gasteiger partial charge in [0.2, 0.25) is 5.91 Å². The molecule has 5 nitrogen and oxygen atoms in total. The van der Waals surface area contributed by atoms with Gasteiger partial charge in [-0.2, -0.15) is 0 Å². The molecule has 0 unspecified atom stereocenters. The van der Waals surface area contributed by atoms with Crippen LogP contribution in [0.4, 0.5) is 5.69 Å². The predicted molar refractivity (Wildman–Crippen MR) is 86.3 cm³/mol. The molecular weight excluding hydrogens is 300 g/mol. The van der Waals surface area contributed by atoms with E-state index in [9.17, 15) is 9.59 Å². The number of esters is 1. The summed E-state index contributed by atoms with van der Waals surface area (Å²) in [5.74, 6) is 0.714. The number of hydrogen-bond acceptors (Lipinski definition) is 5. The standard InChI is InChI=1S/C16H16N2O3S/c1-3-22-15-10-12(8-9-17-15)16(20)21-14-6-4-13(5-7-14)18-11(2)19/h4-10H,3H2,1-2H3,(H,18,19). The molecule has 0 aliphatic heterocycles. The highest BCUT2D eigenvalue weighted by Gasteiger charge is 2.10. The van der Waals surface area contributed by atoms with E-state index < -0.39 is 5.97 Å². The van der Waals surface area contributed by atoms with E-state index in [4.69, 9.17) is 4.74 Å². The number of thioether (sulfide) groups is 1. The minimum absolute atomic E-state index is 0.150. The number of anilines is 1. The molecule has 6 heteroatoms. The molecule has 1 heterocycles. The summed E-state index contributed by atoms with van der Waals surface area (Å²) in [5.41, 5.74) is 1.11. The summed E-state index contributed by atoms with van der Waals surface area (Å²) in [6.07, 6.45) is 1.59. The van der Waals surface area contributed by atoms with E-state index in [1.807, 2.05) is 6.92 Å². The first-order chi connectivity index (χ1) is 10.6. The Morgan fingerprint density at radius 2 is 1.95 bits per heavy atom. The van der Waals surface area contributed by atoms with E-state index in [-0.39, 0.29) is 5.91 Å². The number of amides is 1. The number of rotatable bonds is 5. The van der Waals surface area contributed by atoms with Crippen molar-refractivity contribution in [2.75, 3.05) is 11.1 Å². The van der Waals surface area contributed by atoms with Gasteiger partial charge < -0.3 is 10.1 Å². The van der Waals surface area contributed by atoms with Crippen molar-refractivity contribution in [3.05, 3.63) is 48.2 Å². The maximum absolute atomic E-state index is 12.1. The second-order valence-electron chi connectivity index (χ2n) is 4.41. The van der Waals surface area contributed by atoms with E-state index in [0.717, 1.165) is 10.8 Å². The van der Waals surface area contributed by atoms with Crippen molar-refractivity contribution >= 4 is 29.3 Å². The number of pyridine rings is 1. The van der Waals surface area contributed by atoms with Crippen LogP contribution in [-0.2, 0) is 4.79 Å². The molecule has 2 rings (SSSR count). The number of hydrogen-bond donors (Lipinski definition) is 1. The quantitative estimate of drug-likeness (QED) is 0.520. The Labute approximate surface area is 133 Å². The van der Waals surface area contributed by atoms with Gasteiger partial charge in [0.05, 0.1) is 10.6 Å². The Morgan fingerprint density at radius 3 is 2.59 bits per heavy atom. The average Bonchev–Trinajstić information content (AvgIpc) is 2.49. The van der Waals surface area contributed by atoms with E-state index in [1.165, 1.54) is 6.92 Å². The molecule has 22 heavy (non-hydrogen) atoms. The lowest BCUT2D eigenvalue weighted by Crippen LogP contribution is -2.09. The fourth-order valence-corrected chi connectivity index (χ4v) is 2.38. The molecule has 0 atom stereocenters. The Morgan fingerprint density at radius 1 is 1.23 bits per heavy atom. The van der Waals surface area contributed by atoms with Crippen molar-refractivity contribution in [3.8, 4) is 5.75 Å². The maximum atomic E-state index is 12.1. The SMILES string of the molecule is CCSc1cc(C(=O)Oc2ccc(NC(C)=O)cc2)ccn1. The Bertz CT molecular complexity index is 671. The Hall–Kier alpha value is -2.34. The molecule has 0 aliphatic carbocycles. The molecule has 1 N–H and O–H groups in total. The van der Waals surface area contributed by atoms with Crippen LogP contribution in [0.1, 0.15) is 24.2 Å². The number of carbonyl (C=O) groups excluding carboxylic acids is 2. The largest absolute Gasteiger partial charge is 0.423 e. The molecule has 0 saturated carbocycles. The lowest BCUT2D eigenvalue weighted by atomic mass is 10.2. The number of carbonyl (C=O) groups is 2. The number of ether oxygens (including phenoxy) is 1. The van der Waals surface area contributed by atoms with Gasteiger partial charge in [-0.15, -0.1) is 11.8 Å². The van der Waals surface area contributed by atoms with Gasteiger partial charge >= 0.3 is 5.97 Å². The van der Waals surface area contributed by atoms with Crippen LogP contribution in [0.15, 0.2) is 47.6 Å². The minimum atomic E-state index is -0.437. The molecule has 0 bridgehead atoms. The van der Waals surface area contributed by atoms with Crippen molar-refractivity contribution < 1.29 is 14.3 Å². The van der Waals surface area contributed by atoms with E-state index >= 15 is 0 Å². The molecule has 0 aliphatic rings. The number of nitrogens with zero attached hydrogens (tertiary/aromatic N) is 1. The van der Waals surface area contributed by atoms with Crippen LogP contribution in [-0.4, -0.2) is 22.6 Å². The van der Waals surface area contributed by atoms with E-state index in [0.29, 0.717) is 17.0 Å². The Kier molecular flexibility index (Phi) is 5.55. The van der Waals surface area contributed by atoms with Gasteiger partial charge in [0.1, 0.15) is 5.75 Å². The molecule has 0 saturated heterocycles. The number of nitrogens with one attached hydrogen (secondary N) is 1. The lowest BCUT2D eigenvalue weighted by molar-refractivity contribution is -0.114. The first-order valence-corrected chi connectivity index (χ1v) is 7.75. The van der Waals surface area contributed by atoms with Crippen LogP contribution >= 0.6 is 11.8 Å². The van der Waals surface area contributed by atoms with Crippen molar-refractivity contribution in [1.29, 1.82) is 0 Å². The number of aromatic nitrogens is 1.